The summed E-state index contributed by atoms with van der Waals surface area (Å²) in [5.41, 5.74) is 1.89. The van der Waals surface area contributed by atoms with Gasteiger partial charge in [0.2, 0.25) is 0 Å². The molecule has 2 rings (SSSR count). The number of rotatable bonds is 2. The summed E-state index contributed by atoms with van der Waals surface area (Å²) >= 11 is 0. The van der Waals surface area contributed by atoms with E-state index in [0.29, 0.717) is 11.3 Å². The molecule has 0 aliphatic carbocycles. The predicted molar refractivity (Wildman–Crippen MR) is 67.6 cm³/mol. The number of benzene rings is 1. The Morgan fingerprint density at radius 3 is 2.56 bits per heavy atom. The number of phenolic OH excluding ortho intramolecular Hbond substituents is 1. The predicted octanol–water partition coefficient (Wildman–Crippen LogP) is 1.77. The first-order valence-electron chi connectivity index (χ1n) is 5.42. The van der Waals surface area contributed by atoms with E-state index < -0.39 is 0 Å². The minimum absolute atomic E-state index is 0.148. The van der Waals surface area contributed by atoms with Gasteiger partial charge in [0.05, 0.1) is 18.1 Å². The summed E-state index contributed by atoms with van der Waals surface area (Å²) in [5.74, 6) is -0.0166. The van der Waals surface area contributed by atoms with E-state index in [1.54, 1.807) is 38.5 Å². The van der Waals surface area contributed by atoms with Crippen LogP contribution in [0.5, 0.6) is 5.75 Å². The maximum atomic E-state index is 12.3. The van der Waals surface area contributed by atoms with Crippen molar-refractivity contribution in [2.45, 2.75) is 6.92 Å². The number of phenols is 1. The van der Waals surface area contributed by atoms with Gasteiger partial charge in [-0.15, -0.1) is 0 Å². The second-order valence-corrected chi connectivity index (χ2v) is 3.96. The first-order valence-corrected chi connectivity index (χ1v) is 5.42. The number of aromatic hydroxyl groups is 1. The van der Waals surface area contributed by atoms with Crippen LogP contribution in [-0.2, 0) is 0 Å². The molecule has 1 N–H and O–H groups in total. The molecule has 1 aromatic heterocycles. The van der Waals surface area contributed by atoms with Crippen LogP contribution in [0.1, 0.15) is 15.9 Å². The number of carbonyl (C=O) groups is 1. The highest BCUT2D eigenvalue weighted by molar-refractivity contribution is 6.06. The van der Waals surface area contributed by atoms with Gasteiger partial charge in [0.15, 0.2) is 0 Å². The van der Waals surface area contributed by atoms with E-state index in [1.165, 1.54) is 17.3 Å². The first kappa shape index (κ1) is 12.0. The normalized spacial score (nSPS) is 10.1. The molecule has 0 atom stereocenters. The minimum Gasteiger partial charge on any atom is -0.508 e. The Bertz CT molecular complexity index is 570. The molecule has 0 fully saturated rings. The van der Waals surface area contributed by atoms with Gasteiger partial charge < -0.3 is 10.0 Å². The third-order valence-electron chi connectivity index (χ3n) is 2.68. The van der Waals surface area contributed by atoms with Gasteiger partial charge in [0.25, 0.3) is 5.91 Å². The number of aromatic nitrogens is 2. The van der Waals surface area contributed by atoms with Gasteiger partial charge in [-0.05, 0) is 30.7 Å². The van der Waals surface area contributed by atoms with Crippen molar-refractivity contribution in [1.82, 2.24) is 9.97 Å². The fraction of sp³-hybridized carbons (Fsp3) is 0.154. The van der Waals surface area contributed by atoms with E-state index in [9.17, 15) is 9.90 Å². The summed E-state index contributed by atoms with van der Waals surface area (Å²) in [6.45, 7) is 1.78. The van der Waals surface area contributed by atoms with Gasteiger partial charge in [-0.25, -0.2) is 9.97 Å². The van der Waals surface area contributed by atoms with Crippen molar-refractivity contribution in [3.8, 4) is 5.75 Å². The van der Waals surface area contributed by atoms with Gasteiger partial charge in [0.1, 0.15) is 12.1 Å². The van der Waals surface area contributed by atoms with Gasteiger partial charge in [0, 0.05) is 12.6 Å². The summed E-state index contributed by atoms with van der Waals surface area (Å²) in [6, 6.07) is 4.66. The monoisotopic (exact) mass is 243 g/mol. The van der Waals surface area contributed by atoms with Gasteiger partial charge in [-0.3, -0.25) is 4.79 Å². The third-order valence-corrected chi connectivity index (χ3v) is 2.68. The number of carbonyl (C=O) groups excluding carboxylic acids is 1. The molecule has 0 aliphatic rings. The number of nitrogens with zero attached hydrogens (tertiary/aromatic N) is 3. The lowest BCUT2D eigenvalue weighted by atomic mass is 10.1. The summed E-state index contributed by atoms with van der Waals surface area (Å²) in [6.07, 6.45) is 4.55. The van der Waals surface area contributed by atoms with Crippen LogP contribution in [-0.4, -0.2) is 28.0 Å². The smallest absolute Gasteiger partial charge is 0.258 e. The fourth-order valence-electron chi connectivity index (χ4n) is 1.65. The number of hydrogen-bond acceptors (Lipinski definition) is 4. The third kappa shape index (κ3) is 2.29. The van der Waals surface area contributed by atoms with E-state index in [1.807, 2.05) is 0 Å². The summed E-state index contributed by atoms with van der Waals surface area (Å²) in [5, 5.41) is 9.33. The molecule has 0 saturated heterocycles. The van der Waals surface area contributed by atoms with Crippen molar-refractivity contribution in [3.05, 3.63) is 48.0 Å². The Morgan fingerprint density at radius 2 is 1.94 bits per heavy atom. The van der Waals surface area contributed by atoms with Crippen molar-refractivity contribution < 1.29 is 9.90 Å². The van der Waals surface area contributed by atoms with Crippen LogP contribution in [0.2, 0.25) is 0 Å². The molecule has 5 heteroatoms. The Morgan fingerprint density at radius 1 is 1.28 bits per heavy atom. The largest absolute Gasteiger partial charge is 0.508 e. The lowest BCUT2D eigenvalue weighted by Crippen LogP contribution is -2.27. The number of amides is 1. The van der Waals surface area contributed by atoms with Crippen LogP contribution in [0.25, 0.3) is 0 Å². The second-order valence-electron chi connectivity index (χ2n) is 3.96. The van der Waals surface area contributed by atoms with E-state index in [2.05, 4.69) is 9.97 Å². The lowest BCUT2D eigenvalue weighted by molar-refractivity contribution is 0.0992. The minimum atomic E-state index is -0.165. The molecule has 0 spiro atoms. The Balaban J connectivity index is 2.32. The molecule has 1 amide bonds. The highest BCUT2D eigenvalue weighted by Crippen LogP contribution is 2.19. The van der Waals surface area contributed by atoms with Gasteiger partial charge in [-0.1, -0.05) is 0 Å². The zero-order valence-electron chi connectivity index (χ0n) is 10.2. The maximum Gasteiger partial charge on any atom is 0.258 e. The molecule has 92 valence electrons. The zero-order chi connectivity index (χ0) is 13.1. The van der Waals surface area contributed by atoms with Crippen molar-refractivity contribution in [3.63, 3.8) is 0 Å². The Hall–Kier alpha value is -2.43. The Labute approximate surface area is 105 Å². The first-order chi connectivity index (χ1) is 8.59. The number of anilines is 1. The molecule has 5 nitrogen and oxygen atoms in total. The molecule has 0 radical (unpaired) electrons. The molecular weight excluding hydrogens is 230 g/mol. The SMILES string of the molecule is Cc1cc(O)ccc1C(=O)N(C)c1cncnc1. The summed E-state index contributed by atoms with van der Waals surface area (Å²) in [7, 11) is 1.66. The van der Waals surface area contributed by atoms with Crippen molar-refractivity contribution in [1.29, 1.82) is 0 Å². The molecular formula is C13H13N3O2. The van der Waals surface area contributed by atoms with Crippen LogP contribution in [0.4, 0.5) is 5.69 Å². The molecule has 1 aromatic carbocycles. The van der Waals surface area contributed by atoms with Crippen LogP contribution in [0.3, 0.4) is 0 Å². The quantitative estimate of drug-likeness (QED) is 0.872. The Kier molecular flexibility index (Phi) is 3.23. The van der Waals surface area contributed by atoms with Gasteiger partial charge >= 0.3 is 0 Å². The van der Waals surface area contributed by atoms with E-state index in [-0.39, 0.29) is 11.7 Å². The summed E-state index contributed by atoms with van der Waals surface area (Å²) in [4.78, 5) is 21.5. The van der Waals surface area contributed by atoms with E-state index in [4.69, 9.17) is 0 Å². The standard InChI is InChI=1S/C13H13N3O2/c1-9-5-11(17)3-4-12(9)13(18)16(2)10-6-14-8-15-7-10/h3-8,17H,1-2H3. The molecule has 2 aromatic rings. The second kappa shape index (κ2) is 4.83. The lowest BCUT2D eigenvalue weighted by Gasteiger charge is -2.17. The van der Waals surface area contributed by atoms with Gasteiger partial charge in [-0.2, -0.15) is 0 Å². The van der Waals surface area contributed by atoms with Crippen LogP contribution in [0.15, 0.2) is 36.9 Å². The highest BCUT2D eigenvalue weighted by atomic mass is 16.3. The van der Waals surface area contributed by atoms with Crippen molar-refractivity contribution in [2.24, 2.45) is 0 Å². The molecule has 0 saturated carbocycles. The molecule has 1 heterocycles. The molecule has 0 unspecified atom stereocenters. The topological polar surface area (TPSA) is 66.3 Å². The number of hydrogen-bond donors (Lipinski definition) is 1. The summed E-state index contributed by atoms with van der Waals surface area (Å²) < 4.78 is 0. The fourth-order valence-corrected chi connectivity index (χ4v) is 1.65. The molecule has 18 heavy (non-hydrogen) atoms. The highest BCUT2D eigenvalue weighted by Gasteiger charge is 2.16. The van der Waals surface area contributed by atoms with Crippen molar-refractivity contribution in [2.75, 3.05) is 11.9 Å². The van der Waals surface area contributed by atoms with Crippen molar-refractivity contribution >= 4 is 11.6 Å². The van der Waals surface area contributed by atoms with Crippen LogP contribution >= 0.6 is 0 Å². The van der Waals surface area contributed by atoms with E-state index >= 15 is 0 Å². The van der Waals surface area contributed by atoms with E-state index in [0.717, 1.165) is 5.56 Å². The van der Waals surface area contributed by atoms with Crippen LogP contribution < -0.4 is 4.90 Å². The average Bonchev–Trinajstić information content (AvgIpc) is 2.38. The molecule has 0 bridgehead atoms. The maximum absolute atomic E-state index is 12.3. The van der Waals surface area contributed by atoms with Crippen LogP contribution in [0, 0.1) is 6.92 Å². The average molecular weight is 243 g/mol. The zero-order valence-corrected chi connectivity index (χ0v) is 10.2. The number of aryl methyl sites for hydroxylation is 1. The molecule has 0 aliphatic heterocycles.